The summed E-state index contributed by atoms with van der Waals surface area (Å²) in [7, 11) is 0. The number of thiazole rings is 1. The number of hydrogen-bond donors (Lipinski definition) is 2. The Morgan fingerprint density at radius 1 is 1.38 bits per heavy atom. The van der Waals surface area contributed by atoms with Gasteiger partial charge in [-0.1, -0.05) is 6.42 Å². The molecule has 2 aromatic rings. The second-order valence-electron chi connectivity index (χ2n) is 7.21. The Balaban J connectivity index is 0.00000196. The number of aliphatic imine (C=N–C) groups is 1. The molecule has 2 aromatic heterocycles. The SMILES string of the molecule is Cc1cnc(CN=C(NCCc2ccco2)NC2CC3CCC2C3)s1.I. The second-order valence-corrected chi connectivity index (χ2v) is 8.53. The highest BCUT2D eigenvalue weighted by molar-refractivity contribution is 14.0. The number of aryl methyl sites for hydroxylation is 1. The van der Waals surface area contributed by atoms with Gasteiger partial charge in [-0.05, 0) is 50.2 Å². The molecule has 0 amide bonds. The number of guanidine groups is 1. The molecule has 2 aliphatic carbocycles. The third-order valence-electron chi connectivity index (χ3n) is 5.35. The van der Waals surface area contributed by atoms with E-state index in [-0.39, 0.29) is 24.0 Å². The molecule has 0 aliphatic heterocycles. The van der Waals surface area contributed by atoms with Crippen molar-refractivity contribution in [1.29, 1.82) is 0 Å². The lowest BCUT2D eigenvalue weighted by Crippen LogP contribution is -2.46. The zero-order valence-electron chi connectivity index (χ0n) is 15.1. The highest BCUT2D eigenvalue weighted by Gasteiger charge is 2.39. The number of furan rings is 1. The normalized spacial score (nSPS) is 24.5. The van der Waals surface area contributed by atoms with E-state index in [4.69, 9.17) is 9.41 Å². The number of fused-ring (bicyclic) bond motifs is 2. The van der Waals surface area contributed by atoms with Crippen molar-refractivity contribution >= 4 is 41.3 Å². The number of nitrogens with one attached hydrogen (secondary N) is 2. The van der Waals surface area contributed by atoms with Crippen molar-refractivity contribution in [2.45, 2.75) is 51.6 Å². The summed E-state index contributed by atoms with van der Waals surface area (Å²) in [5, 5.41) is 8.23. The minimum Gasteiger partial charge on any atom is -0.469 e. The molecule has 2 heterocycles. The zero-order valence-corrected chi connectivity index (χ0v) is 18.3. The molecule has 5 nitrogen and oxygen atoms in total. The predicted molar refractivity (Wildman–Crippen MR) is 116 cm³/mol. The molecule has 2 saturated carbocycles. The lowest BCUT2D eigenvalue weighted by Gasteiger charge is -2.25. The third kappa shape index (κ3) is 5.00. The van der Waals surface area contributed by atoms with Gasteiger partial charge in [0.2, 0.25) is 0 Å². The maximum absolute atomic E-state index is 5.41. The van der Waals surface area contributed by atoms with Crippen molar-refractivity contribution in [1.82, 2.24) is 15.6 Å². The van der Waals surface area contributed by atoms with Crippen LogP contribution >= 0.6 is 35.3 Å². The van der Waals surface area contributed by atoms with Gasteiger partial charge in [0.15, 0.2) is 5.96 Å². The van der Waals surface area contributed by atoms with Gasteiger partial charge < -0.3 is 15.1 Å². The third-order valence-corrected chi connectivity index (χ3v) is 6.24. The average Bonchev–Trinajstić information content (AvgIpc) is 3.38. The molecule has 0 radical (unpaired) electrons. The van der Waals surface area contributed by atoms with Crippen molar-refractivity contribution in [2.24, 2.45) is 16.8 Å². The number of hydrogen-bond acceptors (Lipinski definition) is 4. The molecule has 3 unspecified atom stereocenters. The number of aromatic nitrogens is 1. The Kier molecular flexibility index (Phi) is 6.97. The molecule has 142 valence electrons. The Morgan fingerprint density at radius 2 is 2.31 bits per heavy atom. The summed E-state index contributed by atoms with van der Waals surface area (Å²) >= 11 is 1.72. The smallest absolute Gasteiger partial charge is 0.191 e. The van der Waals surface area contributed by atoms with Gasteiger partial charge in [-0.25, -0.2) is 9.98 Å². The Hall–Kier alpha value is -1.09. The summed E-state index contributed by atoms with van der Waals surface area (Å²) in [4.78, 5) is 10.4. The standard InChI is InChI=1S/C19H26N4OS.HI/c1-13-11-21-18(25-13)12-22-19(20-7-6-16-3-2-8-24-16)23-17-10-14-4-5-15(17)9-14;/h2-3,8,11,14-15,17H,4-7,9-10,12H2,1H3,(H2,20,22,23);1H. The summed E-state index contributed by atoms with van der Waals surface area (Å²) in [5.74, 6) is 3.66. The van der Waals surface area contributed by atoms with Crippen molar-refractivity contribution in [2.75, 3.05) is 6.54 Å². The first-order chi connectivity index (χ1) is 12.3. The summed E-state index contributed by atoms with van der Waals surface area (Å²) in [5.41, 5.74) is 0. The molecule has 2 fully saturated rings. The number of rotatable bonds is 6. The van der Waals surface area contributed by atoms with Crippen LogP contribution in [0.4, 0.5) is 0 Å². The molecular weight excluding hydrogens is 459 g/mol. The molecule has 2 bridgehead atoms. The van der Waals surface area contributed by atoms with Gasteiger partial charge in [-0.15, -0.1) is 35.3 Å². The molecular formula is C19H27IN4OS. The van der Waals surface area contributed by atoms with Crippen LogP contribution in [0.5, 0.6) is 0 Å². The van der Waals surface area contributed by atoms with Crippen LogP contribution in [0.2, 0.25) is 0 Å². The maximum Gasteiger partial charge on any atom is 0.191 e. The van der Waals surface area contributed by atoms with E-state index in [0.29, 0.717) is 12.6 Å². The van der Waals surface area contributed by atoms with Crippen molar-refractivity contribution < 1.29 is 4.42 Å². The van der Waals surface area contributed by atoms with Gasteiger partial charge in [0.1, 0.15) is 10.8 Å². The van der Waals surface area contributed by atoms with Crippen LogP contribution in [0.25, 0.3) is 0 Å². The Morgan fingerprint density at radius 3 is 2.96 bits per heavy atom. The minimum atomic E-state index is 0. The molecule has 3 atom stereocenters. The highest BCUT2D eigenvalue weighted by atomic mass is 127. The van der Waals surface area contributed by atoms with E-state index in [9.17, 15) is 0 Å². The van der Waals surface area contributed by atoms with Crippen molar-refractivity contribution in [3.8, 4) is 0 Å². The van der Waals surface area contributed by atoms with Gasteiger partial charge in [-0.2, -0.15) is 0 Å². The van der Waals surface area contributed by atoms with E-state index in [1.165, 1.54) is 30.6 Å². The fourth-order valence-corrected chi connectivity index (χ4v) is 4.84. The van der Waals surface area contributed by atoms with E-state index >= 15 is 0 Å². The molecule has 0 aromatic carbocycles. The van der Waals surface area contributed by atoms with E-state index < -0.39 is 0 Å². The van der Waals surface area contributed by atoms with Crippen LogP contribution in [-0.2, 0) is 13.0 Å². The predicted octanol–water partition coefficient (Wildman–Crippen LogP) is 4.13. The van der Waals surface area contributed by atoms with Gasteiger partial charge in [0, 0.05) is 30.1 Å². The fourth-order valence-electron chi connectivity index (χ4n) is 4.13. The number of nitrogens with zero attached hydrogens (tertiary/aromatic N) is 2. The lowest BCUT2D eigenvalue weighted by molar-refractivity contribution is 0.387. The fraction of sp³-hybridized carbons (Fsp3) is 0.579. The maximum atomic E-state index is 5.41. The Bertz CT molecular complexity index is 715. The topological polar surface area (TPSA) is 62.5 Å². The van der Waals surface area contributed by atoms with Crippen molar-refractivity contribution in [3.05, 3.63) is 40.2 Å². The average molecular weight is 486 g/mol. The van der Waals surface area contributed by atoms with Crippen molar-refractivity contribution in [3.63, 3.8) is 0 Å². The van der Waals surface area contributed by atoms with Crippen LogP contribution < -0.4 is 10.6 Å². The highest BCUT2D eigenvalue weighted by Crippen LogP contribution is 2.44. The van der Waals surface area contributed by atoms with E-state index in [1.807, 2.05) is 18.3 Å². The van der Waals surface area contributed by atoms with E-state index in [0.717, 1.165) is 41.5 Å². The summed E-state index contributed by atoms with van der Waals surface area (Å²) in [6, 6.07) is 4.52. The first-order valence-corrected chi connectivity index (χ1v) is 10.1. The minimum absolute atomic E-state index is 0. The molecule has 2 aliphatic rings. The summed E-state index contributed by atoms with van der Waals surface area (Å²) in [6.07, 6.45) is 9.97. The van der Waals surface area contributed by atoms with E-state index in [1.54, 1.807) is 17.6 Å². The second kappa shape index (κ2) is 9.21. The summed E-state index contributed by atoms with van der Waals surface area (Å²) < 4.78 is 5.41. The largest absolute Gasteiger partial charge is 0.469 e. The number of halogens is 1. The quantitative estimate of drug-likeness (QED) is 0.366. The van der Waals surface area contributed by atoms with Crippen LogP contribution in [0.1, 0.15) is 41.3 Å². The van der Waals surface area contributed by atoms with E-state index in [2.05, 4.69) is 22.5 Å². The van der Waals surface area contributed by atoms with Gasteiger partial charge >= 0.3 is 0 Å². The van der Waals surface area contributed by atoms with Crippen LogP contribution in [0.15, 0.2) is 34.0 Å². The summed E-state index contributed by atoms with van der Waals surface area (Å²) in [6.45, 7) is 3.54. The van der Waals surface area contributed by atoms with Gasteiger partial charge in [0.25, 0.3) is 0 Å². The molecule has 26 heavy (non-hydrogen) atoms. The first kappa shape index (κ1) is 19.7. The van der Waals surface area contributed by atoms with Gasteiger partial charge in [-0.3, -0.25) is 0 Å². The molecule has 0 spiro atoms. The lowest BCUT2D eigenvalue weighted by atomic mass is 9.95. The first-order valence-electron chi connectivity index (χ1n) is 9.25. The van der Waals surface area contributed by atoms with Crippen LogP contribution in [0.3, 0.4) is 0 Å². The molecule has 0 saturated heterocycles. The Labute approximate surface area is 176 Å². The van der Waals surface area contributed by atoms with Crippen LogP contribution in [0, 0.1) is 18.8 Å². The monoisotopic (exact) mass is 486 g/mol. The molecule has 4 rings (SSSR count). The zero-order chi connectivity index (χ0) is 17.1. The van der Waals surface area contributed by atoms with Gasteiger partial charge in [0.05, 0.1) is 12.8 Å². The van der Waals surface area contributed by atoms with Crippen LogP contribution in [-0.4, -0.2) is 23.5 Å². The molecule has 7 heteroatoms. The molecule has 2 N–H and O–H groups in total.